The van der Waals surface area contributed by atoms with Crippen molar-refractivity contribution < 1.29 is 4.74 Å². The highest BCUT2D eigenvalue weighted by Gasteiger charge is 2.12. The fraction of sp³-hybridized carbons (Fsp3) is 0.500. The van der Waals surface area contributed by atoms with E-state index in [2.05, 4.69) is 9.55 Å². The number of aryl methyl sites for hydroxylation is 2. The second-order valence-corrected chi connectivity index (χ2v) is 5.06. The number of imidazole rings is 1. The van der Waals surface area contributed by atoms with Gasteiger partial charge >= 0.3 is 0 Å². The number of nitrogens with zero attached hydrogens (tertiary/aromatic N) is 2. The monoisotopic (exact) mass is 300 g/mol. The van der Waals surface area contributed by atoms with Crippen LogP contribution in [0.5, 0.6) is 0 Å². The Balaban J connectivity index is 2.27. The fourth-order valence-electron chi connectivity index (χ4n) is 2.15. The van der Waals surface area contributed by atoms with Crippen molar-refractivity contribution in [3.8, 4) is 0 Å². The molecule has 0 fully saturated rings. The zero-order valence-corrected chi connectivity index (χ0v) is 12.5. The molecule has 0 aliphatic rings. The molecule has 1 aromatic carbocycles. The molecule has 0 radical (unpaired) electrons. The number of para-hydroxylation sites is 1. The minimum Gasteiger partial charge on any atom is -0.382 e. The Bertz CT molecular complexity index is 539. The number of fused-ring (bicyclic) bond motifs is 1. The van der Waals surface area contributed by atoms with E-state index in [1.807, 2.05) is 25.1 Å². The number of ether oxygens (including phenoxy) is 1. The summed E-state index contributed by atoms with van der Waals surface area (Å²) in [4.78, 5) is 4.61. The lowest BCUT2D eigenvalue weighted by molar-refractivity contribution is 0.141. The molecular formula is C14H18Cl2N2O. The number of hydrogen-bond donors (Lipinski definition) is 0. The molecule has 0 spiro atoms. The summed E-state index contributed by atoms with van der Waals surface area (Å²) in [6.07, 6.45) is 1.71. The Labute approximate surface area is 123 Å². The molecule has 0 aliphatic heterocycles. The van der Waals surface area contributed by atoms with Crippen LogP contribution in [-0.2, 0) is 17.7 Å². The Hall–Kier alpha value is -0.770. The molecule has 1 aromatic heterocycles. The van der Waals surface area contributed by atoms with Crippen molar-refractivity contribution in [2.24, 2.45) is 0 Å². The molecule has 3 nitrogen and oxygen atoms in total. The van der Waals surface area contributed by atoms with E-state index in [0.29, 0.717) is 10.9 Å². The van der Waals surface area contributed by atoms with Gasteiger partial charge in [-0.2, -0.15) is 0 Å². The molecule has 0 N–H and O–H groups in total. The molecule has 2 rings (SSSR count). The van der Waals surface area contributed by atoms with Crippen molar-refractivity contribution in [3.63, 3.8) is 0 Å². The van der Waals surface area contributed by atoms with E-state index in [1.165, 1.54) is 0 Å². The van der Waals surface area contributed by atoms with E-state index < -0.39 is 0 Å². The maximum Gasteiger partial charge on any atom is 0.111 e. The largest absolute Gasteiger partial charge is 0.382 e. The zero-order valence-electron chi connectivity index (χ0n) is 11.0. The third kappa shape index (κ3) is 3.41. The normalized spacial score (nSPS) is 11.3. The van der Waals surface area contributed by atoms with Crippen LogP contribution >= 0.6 is 23.2 Å². The Morgan fingerprint density at radius 1 is 1.37 bits per heavy atom. The molecule has 1 heterocycles. The van der Waals surface area contributed by atoms with Crippen LogP contribution in [0, 0.1) is 0 Å². The van der Waals surface area contributed by atoms with E-state index in [9.17, 15) is 0 Å². The van der Waals surface area contributed by atoms with Crippen LogP contribution in [0.25, 0.3) is 11.0 Å². The average Bonchev–Trinajstić information content (AvgIpc) is 2.75. The molecule has 0 saturated heterocycles. The van der Waals surface area contributed by atoms with E-state index in [0.717, 1.165) is 49.5 Å². The summed E-state index contributed by atoms with van der Waals surface area (Å²) in [6, 6.07) is 5.87. The van der Waals surface area contributed by atoms with Gasteiger partial charge in [-0.3, -0.25) is 0 Å². The Morgan fingerprint density at radius 3 is 2.95 bits per heavy atom. The highest BCUT2D eigenvalue weighted by molar-refractivity contribution is 6.34. The van der Waals surface area contributed by atoms with Crippen molar-refractivity contribution in [3.05, 3.63) is 29.0 Å². The SMILES string of the molecule is CCOCCCn1c(CCCl)nc2c(Cl)cccc21. The summed E-state index contributed by atoms with van der Waals surface area (Å²) >= 11 is 12.0. The van der Waals surface area contributed by atoms with E-state index >= 15 is 0 Å². The van der Waals surface area contributed by atoms with E-state index in [-0.39, 0.29) is 0 Å². The van der Waals surface area contributed by atoms with Gasteiger partial charge in [0, 0.05) is 32.1 Å². The van der Waals surface area contributed by atoms with Crippen LogP contribution < -0.4 is 0 Å². The zero-order chi connectivity index (χ0) is 13.7. The van der Waals surface area contributed by atoms with E-state index in [1.54, 1.807) is 0 Å². The van der Waals surface area contributed by atoms with Crippen molar-refractivity contribution in [2.75, 3.05) is 19.1 Å². The van der Waals surface area contributed by atoms with Gasteiger partial charge in [-0.05, 0) is 25.5 Å². The number of halogens is 2. The molecule has 5 heteroatoms. The van der Waals surface area contributed by atoms with Gasteiger partial charge in [-0.15, -0.1) is 11.6 Å². The van der Waals surface area contributed by atoms with Crippen LogP contribution in [0.15, 0.2) is 18.2 Å². The Kier molecular flexibility index (Phi) is 5.49. The molecule has 0 bridgehead atoms. The predicted molar refractivity (Wildman–Crippen MR) is 80.3 cm³/mol. The fourth-order valence-corrected chi connectivity index (χ4v) is 2.54. The molecular weight excluding hydrogens is 283 g/mol. The summed E-state index contributed by atoms with van der Waals surface area (Å²) in [5.74, 6) is 1.56. The van der Waals surface area contributed by atoms with Gasteiger partial charge in [0.05, 0.1) is 10.5 Å². The lowest BCUT2D eigenvalue weighted by Gasteiger charge is -2.08. The van der Waals surface area contributed by atoms with Crippen LogP contribution in [0.2, 0.25) is 5.02 Å². The number of aromatic nitrogens is 2. The van der Waals surface area contributed by atoms with Crippen LogP contribution in [-0.4, -0.2) is 28.6 Å². The maximum atomic E-state index is 6.19. The first kappa shape index (κ1) is 14.6. The van der Waals surface area contributed by atoms with Crippen molar-refractivity contribution in [1.29, 1.82) is 0 Å². The van der Waals surface area contributed by atoms with Crippen molar-refractivity contribution in [1.82, 2.24) is 9.55 Å². The molecule has 104 valence electrons. The minimum atomic E-state index is 0.562. The van der Waals surface area contributed by atoms with Crippen molar-refractivity contribution >= 4 is 34.2 Å². The molecule has 0 atom stereocenters. The second-order valence-electron chi connectivity index (χ2n) is 4.28. The summed E-state index contributed by atoms with van der Waals surface area (Å²) < 4.78 is 7.58. The molecule has 0 saturated carbocycles. The number of alkyl halides is 1. The molecule has 2 aromatic rings. The average molecular weight is 301 g/mol. The van der Waals surface area contributed by atoms with Gasteiger partial charge in [-0.25, -0.2) is 4.98 Å². The van der Waals surface area contributed by atoms with Crippen LogP contribution in [0.4, 0.5) is 0 Å². The van der Waals surface area contributed by atoms with Gasteiger partial charge in [-0.1, -0.05) is 17.7 Å². The molecule has 0 unspecified atom stereocenters. The van der Waals surface area contributed by atoms with Gasteiger partial charge in [0.2, 0.25) is 0 Å². The highest BCUT2D eigenvalue weighted by Crippen LogP contribution is 2.24. The lowest BCUT2D eigenvalue weighted by atomic mass is 10.3. The van der Waals surface area contributed by atoms with Gasteiger partial charge in [0.15, 0.2) is 0 Å². The van der Waals surface area contributed by atoms with Gasteiger partial charge < -0.3 is 9.30 Å². The van der Waals surface area contributed by atoms with Crippen LogP contribution in [0.3, 0.4) is 0 Å². The van der Waals surface area contributed by atoms with Crippen molar-refractivity contribution in [2.45, 2.75) is 26.3 Å². The van der Waals surface area contributed by atoms with Gasteiger partial charge in [0.1, 0.15) is 11.3 Å². The van der Waals surface area contributed by atoms with E-state index in [4.69, 9.17) is 27.9 Å². The molecule has 19 heavy (non-hydrogen) atoms. The summed E-state index contributed by atoms with van der Waals surface area (Å²) in [6.45, 7) is 4.40. The Morgan fingerprint density at radius 2 is 2.21 bits per heavy atom. The van der Waals surface area contributed by atoms with Crippen LogP contribution in [0.1, 0.15) is 19.2 Å². The summed E-state index contributed by atoms with van der Waals surface area (Å²) in [7, 11) is 0. The standard InChI is InChI=1S/C14H18Cl2N2O/c1-2-19-10-4-9-18-12-6-3-5-11(16)14(12)17-13(18)7-8-15/h3,5-6H,2,4,7-10H2,1H3. The first-order chi connectivity index (χ1) is 9.27. The first-order valence-electron chi connectivity index (χ1n) is 6.55. The minimum absolute atomic E-state index is 0.562. The number of benzene rings is 1. The third-order valence-electron chi connectivity index (χ3n) is 3.00. The third-order valence-corrected chi connectivity index (χ3v) is 3.50. The predicted octanol–water partition coefficient (Wildman–Crippen LogP) is 3.90. The maximum absolute atomic E-state index is 6.19. The number of hydrogen-bond acceptors (Lipinski definition) is 2. The first-order valence-corrected chi connectivity index (χ1v) is 7.46. The lowest BCUT2D eigenvalue weighted by Crippen LogP contribution is -2.07. The van der Waals surface area contributed by atoms with Gasteiger partial charge in [0.25, 0.3) is 0 Å². The summed E-state index contributed by atoms with van der Waals surface area (Å²) in [5, 5.41) is 0.692. The quantitative estimate of drug-likeness (QED) is 0.573. The number of rotatable bonds is 7. The molecule has 0 aliphatic carbocycles. The smallest absolute Gasteiger partial charge is 0.111 e. The topological polar surface area (TPSA) is 27.1 Å². The molecule has 0 amide bonds. The summed E-state index contributed by atoms with van der Waals surface area (Å²) in [5.41, 5.74) is 1.94. The second kappa shape index (κ2) is 7.13. The highest BCUT2D eigenvalue weighted by atomic mass is 35.5.